The van der Waals surface area contributed by atoms with Crippen LogP contribution >= 0.6 is 23.2 Å². The molecule has 0 atom stereocenters. The predicted octanol–water partition coefficient (Wildman–Crippen LogP) is 4.05. The molecule has 5 rings (SSSR count). The van der Waals surface area contributed by atoms with Crippen LogP contribution in [0.4, 0.5) is 11.4 Å². The minimum absolute atomic E-state index is 0.0280. The van der Waals surface area contributed by atoms with E-state index in [1.807, 2.05) is 19.1 Å². The third-order valence-corrected chi connectivity index (χ3v) is 6.76. The van der Waals surface area contributed by atoms with Crippen molar-refractivity contribution in [1.82, 2.24) is 0 Å². The fourth-order valence-electron chi connectivity index (χ4n) is 4.29. The zero-order chi connectivity index (χ0) is 22.8. The molecule has 1 spiro atoms. The number of benzene rings is 2. The molecule has 3 N–H and O–H groups in total. The SMILES string of the molecule is Cc1cc2c(cc1Oc1c(Cl)cc(N3N=C(N)C(=O)CC3=O)cc1Cl)C1(CCC1)C(=O)N2. The summed E-state index contributed by atoms with van der Waals surface area (Å²) in [5, 5.41) is 8.10. The largest absolute Gasteiger partial charge is 0.454 e. The highest BCUT2D eigenvalue weighted by molar-refractivity contribution is 6.44. The molecule has 2 aliphatic heterocycles. The van der Waals surface area contributed by atoms with Gasteiger partial charge in [0, 0.05) is 5.69 Å². The number of halogens is 2. The zero-order valence-electron chi connectivity index (χ0n) is 17.0. The van der Waals surface area contributed by atoms with E-state index in [0.29, 0.717) is 5.75 Å². The Morgan fingerprint density at radius 3 is 2.44 bits per heavy atom. The number of ether oxygens (including phenoxy) is 1. The smallest absolute Gasteiger partial charge is 0.255 e. The molecule has 3 aliphatic rings. The molecule has 2 amide bonds. The first kappa shape index (κ1) is 20.8. The first-order valence-corrected chi connectivity index (χ1v) is 10.8. The van der Waals surface area contributed by atoms with E-state index >= 15 is 0 Å². The Morgan fingerprint density at radius 2 is 1.81 bits per heavy atom. The molecule has 0 unspecified atom stereocenters. The van der Waals surface area contributed by atoms with E-state index in [-0.39, 0.29) is 39.6 Å². The molecular weight excluding hydrogens is 455 g/mol. The highest BCUT2D eigenvalue weighted by Crippen LogP contribution is 2.53. The van der Waals surface area contributed by atoms with Crippen molar-refractivity contribution in [1.29, 1.82) is 0 Å². The highest BCUT2D eigenvalue weighted by atomic mass is 35.5. The molecule has 2 aromatic carbocycles. The molecule has 164 valence electrons. The van der Waals surface area contributed by atoms with Crippen LogP contribution < -0.4 is 20.8 Å². The van der Waals surface area contributed by atoms with Gasteiger partial charge < -0.3 is 15.8 Å². The second kappa shape index (κ2) is 7.21. The van der Waals surface area contributed by atoms with E-state index in [1.54, 1.807) is 0 Å². The van der Waals surface area contributed by atoms with E-state index in [9.17, 15) is 14.4 Å². The number of carbonyl (C=O) groups excluding carboxylic acids is 3. The van der Waals surface area contributed by atoms with Crippen LogP contribution in [0.1, 0.15) is 36.8 Å². The monoisotopic (exact) mass is 472 g/mol. The molecule has 1 saturated carbocycles. The molecule has 0 bridgehead atoms. The van der Waals surface area contributed by atoms with Crippen LogP contribution in [0.15, 0.2) is 29.4 Å². The number of nitrogens with zero attached hydrogens (tertiary/aromatic N) is 2. The van der Waals surface area contributed by atoms with Gasteiger partial charge in [0.05, 0.1) is 27.6 Å². The third kappa shape index (κ3) is 3.05. The average molecular weight is 473 g/mol. The van der Waals surface area contributed by atoms with Gasteiger partial charge >= 0.3 is 0 Å². The van der Waals surface area contributed by atoms with Crippen molar-refractivity contribution in [3.63, 3.8) is 0 Å². The van der Waals surface area contributed by atoms with Crippen LogP contribution in [0.3, 0.4) is 0 Å². The summed E-state index contributed by atoms with van der Waals surface area (Å²) in [6.07, 6.45) is 2.23. The minimum Gasteiger partial charge on any atom is -0.454 e. The Balaban J connectivity index is 1.49. The fraction of sp³-hybridized carbons (Fsp3) is 0.273. The maximum Gasteiger partial charge on any atom is 0.255 e. The van der Waals surface area contributed by atoms with Crippen LogP contribution in [-0.2, 0) is 19.8 Å². The highest BCUT2D eigenvalue weighted by Gasteiger charge is 2.51. The van der Waals surface area contributed by atoms with Crippen LogP contribution in [0.2, 0.25) is 10.0 Å². The Labute approximate surface area is 193 Å². The molecule has 0 radical (unpaired) electrons. The van der Waals surface area contributed by atoms with E-state index in [4.69, 9.17) is 33.7 Å². The lowest BCUT2D eigenvalue weighted by molar-refractivity contribution is -0.125. The van der Waals surface area contributed by atoms with Crippen molar-refractivity contribution < 1.29 is 19.1 Å². The zero-order valence-corrected chi connectivity index (χ0v) is 18.5. The second-order valence-corrected chi connectivity index (χ2v) is 9.00. The normalized spacial score (nSPS) is 18.9. The van der Waals surface area contributed by atoms with Gasteiger partial charge in [-0.1, -0.05) is 29.6 Å². The number of aryl methyl sites for hydroxylation is 1. The van der Waals surface area contributed by atoms with Crippen LogP contribution in [-0.4, -0.2) is 23.4 Å². The molecule has 1 fully saturated rings. The van der Waals surface area contributed by atoms with Gasteiger partial charge in [0.15, 0.2) is 11.6 Å². The van der Waals surface area contributed by atoms with Crippen molar-refractivity contribution in [3.05, 3.63) is 45.4 Å². The van der Waals surface area contributed by atoms with Crippen molar-refractivity contribution in [3.8, 4) is 11.5 Å². The van der Waals surface area contributed by atoms with Gasteiger partial charge in [0.1, 0.15) is 5.75 Å². The summed E-state index contributed by atoms with van der Waals surface area (Å²) in [6, 6.07) is 6.68. The number of nitrogens with one attached hydrogen (secondary N) is 1. The quantitative estimate of drug-likeness (QED) is 0.653. The summed E-state index contributed by atoms with van der Waals surface area (Å²) < 4.78 is 6.08. The maximum atomic E-state index is 12.5. The maximum absolute atomic E-state index is 12.5. The number of hydrogen-bond donors (Lipinski definition) is 2. The lowest BCUT2D eigenvalue weighted by atomic mass is 9.65. The Hall–Kier alpha value is -3.10. The fourth-order valence-corrected chi connectivity index (χ4v) is 4.84. The van der Waals surface area contributed by atoms with Crippen molar-refractivity contribution in [2.75, 3.05) is 10.3 Å². The number of rotatable bonds is 3. The van der Waals surface area contributed by atoms with E-state index in [0.717, 1.165) is 41.1 Å². The van der Waals surface area contributed by atoms with Crippen LogP contribution in [0.25, 0.3) is 0 Å². The first-order valence-electron chi connectivity index (χ1n) is 10.0. The molecule has 1 aliphatic carbocycles. The van der Waals surface area contributed by atoms with Crippen molar-refractivity contribution in [2.24, 2.45) is 10.8 Å². The van der Waals surface area contributed by atoms with Gasteiger partial charge in [-0.05, 0) is 55.2 Å². The van der Waals surface area contributed by atoms with Gasteiger partial charge in [-0.15, -0.1) is 5.10 Å². The first-order chi connectivity index (χ1) is 15.2. The molecule has 2 heterocycles. The number of carbonyl (C=O) groups is 3. The number of Topliss-reactive ketones (excluding diaryl/α,β-unsaturated/α-hetero) is 1. The third-order valence-electron chi connectivity index (χ3n) is 6.20. The Bertz CT molecular complexity index is 1230. The average Bonchev–Trinajstić information content (AvgIpc) is 2.98. The van der Waals surface area contributed by atoms with E-state index in [2.05, 4.69) is 10.4 Å². The van der Waals surface area contributed by atoms with E-state index < -0.39 is 17.1 Å². The number of hydrazone groups is 1. The number of anilines is 2. The summed E-state index contributed by atoms with van der Waals surface area (Å²) in [5.74, 6) is -0.572. The van der Waals surface area contributed by atoms with Gasteiger partial charge in [-0.25, -0.2) is 0 Å². The molecule has 0 aromatic heterocycles. The topological polar surface area (TPSA) is 114 Å². The van der Waals surface area contributed by atoms with Gasteiger partial charge in [0.2, 0.25) is 11.7 Å². The minimum atomic E-state index is -0.539. The Morgan fingerprint density at radius 1 is 1.12 bits per heavy atom. The molecule has 2 aromatic rings. The molecule has 8 nitrogen and oxygen atoms in total. The lowest BCUT2D eigenvalue weighted by Crippen LogP contribution is -2.40. The summed E-state index contributed by atoms with van der Waals surface area (Å²) >= 11 is 12.9. The van der Waals surface area contributed by atoms with Crippen molar-refractivity contribution >= 4 is 58.0 Å². The summed E-state index contributed by atoms with van der Waals surface area (Å²) in [4.78, 5) is 36.3. The molecule has 0 saturated heterocycles. The summed E-state index contributed by atoms with van der Waals surface area (Å²) in [7, 11) is 0. The van der Waals surface area contributed by atoms with Gasteiger partial charge in [-0.3, -0.25) is 14.4 Å². The van der Waals surface area contributed by atoms with Gasteiger partial charge in [-0.2, -0.15) is 5.01 Å². The number of hydrogen-bond acceptors (Lipinski definition) is 6. The van der Waals surface area contributed by atoms with E-state index in [1.165, 1.54) is 12.1 Å². The Kier molecular flexibility index (Phi) is 4.69. The van der Waals surface area contributed by atoms with Crippen molar-refractivity contribution in [2.45, 2.75) is 38.0 Å². The van der Waals surface area contributed by atoms with Crippen LogP contribution in [0.5, 0.6) is 11.5 Å². The van der Waals surface area contributed by atoms with Gasteiger partial charge in [0.25, 0.3) is 5.91 Å². The number of ketones is 1. The summed E-state index contributed by atoms with van der Waals surface area (Å²) in [6.45, 7) is 1.87. The standard InChI is InChI=1S/C22H18Cl2N4O4/c1-10-5-15-12(22(3-2-4-22)21(31)26-15)8-17(10)32-19-13(23)6-11(7-14(19)24)28-18(30)9-16(29)20(25)27-28/h5-8H,2-4,9H2,1H3,(H2,25,27)(H,26,31). The van der Waals surface area contributed by atoms with Crippen LogP contribution in [0, 0.1) is 6.92 Å². The second-order valence-electron chi connectivity index (χ2n) is 8.18. The molecular formula is C22H18Cl2N4O4. The lowest BCUT2D eigenvalue weighted by Gasteiger charge is -2.36. The predicted molar refractivity (Wildman–Crippen MR) is 121 cm³/mol. The summed E-state index contributed by atoms with van der Waals surface area (Å²) in [5.41, 5.74) is 7.89. The molecule has 10 heteroatoms. The number of nitrogens with two attached hydrogens (primary N) is 1. The number of fused-ring (bicyclic) bond motifs is 2. The number of amidine groups is 1. The number of amides is 2. The molecule has 32 heavy (non-hydrogen) atoms.